The fourth-order valence-electron chi connectivity index (χ4n) is 2.57. The minimum atomic E-state index is -0.702. The van der Waals surface area contributed by atoms with Crippen molar-refractivity contribution in [2.45, 2.75) is 13.2 Å². The first-order valence-electron chi connectivity index (χ1n) is 9.30. The van der Waals surface area contributed by atoms with Crippen molar-refractivity contribution in [2.75, 3.05) is 12.4 Å². The molecule has 0 unspecified atom stereocenters. The third-order valence-electron chi connectivity index (χ3n) is 4.07. The average molecular weight is 437 g/mol. The number of halogens is 1. The quantitative estimate of drug-likeness (QED) is 0.380. The molecule has 10 nitrogen and oxygen atoms in total. The van der Waals surface area contributed by atoms with E-state index in [1.807, 2.05) is 18.2 Å². The number of ether oxygens (including phenoxy) is 2. The van der Waals surface area contributed by atoms with Crippen molar-refractivity contribution in [1.82, 2.24) is 30.2 Å². The number of aromatic nitrogens is 6. The predicted octanol–water partition coefficient (Wildman–Crippen LogP) is 2.71. The summed E-state index contributed by atoms with van der Waals surface area (Å²) >= 11 is 0. The van der Waals surface area contributed by atoms with Gasteiger partial charge in [0, 0.05) is 11.6 Å². The Balaban J connectivity index is 1.67. The Labute approximate surface area is 183 Å². The molecule has 3 rings (SSSR count). The number of hydrogen-bond donors (Lipinski definition) is 1. The van der Waals surface area contributed by atoms with Crippen molar-refractivity contribution in [1.29, 1.82) is 0 Å². The maximum absolute atomic E-state index is 13.4. The van der Waals surface area contributed by atoms with E-state index in [1.165, 1.54) is 24.2 Å². The number of rotatable bonds is 10. The van der Waals surface area contributed by atoms with Gasteiger partial charge >= 0.3 is 0 Å². The van der Waals surface area contributed by atoms with Crippen molar-refractivity contribution < 1.29 is 18.7 Å². The standard InChI is InChI=1S/C21H20FN7O3/c1-14(22)9-17(15(2)31-3)18-10-19(24-13-23-18)25-21(30)11-29-20(26-27-28-29)12-32-16-7-5-4-6-8-16/h4-10,13H,1-2,11-12H2,3H3,(H,23,24,25,30)/b17-9+. The van der Waals surface area contributed by atoms with Crippen LogP contribution in [0.4, 0.5) is 10.2 Å². The number of tetrazole rings is 1. The Kier molecular flexibility index (Phi) is 7.36. The monoisotopic (exact) mass is 437 g/mol. The van der Waals surface area contributed by atoms with Crippen LogP contribution in [0.15, 0.2) is 73.5 Å². The maximum atomic E-state index is 13.4. The molecule has 2 aromatic heterocycles. The van der Waals surface area contributed by atoms with Crippen molar-refractivity contribution in [3.63, 3.8) is 0 Å². The second-order valence-electron chi connectivity index (χ2n) is 6.32. The minimum Gasteiger partial charge on any atom is -0.497 e. The van der Waals surface area contributed by atoms with Crippen LogP contribution in [0.2, 0.25) is 0 Å². The SMILES string of the molecule is C=C(F)/C=C(\C(=C)OC)c1cc(NC(=O)Cn2nnnc2COc2ccccc2)ncn1. The van der Waals surface area contributed by atoms with Gasteiger partial charge in [-0.05, 0) is 28.6 Å². The molecule has 1 aromatic carbocycles. The molecule has 0 spiro atoms. The van der Waals surface area contributed by atoms with E-state index in [4.69, 9.17) is 9.47 Å². The van der Waals surface area contributed by atoms with Crippen LogP contribution < -0.4 is 10.1 Å². The second kappa shape index (κ2) is 10.6. The third kappa shape index (κ3) is 6.05. The van der Waals surface area contributed by atoms with E-state index in [9.17, 15) is 9.18 Å². The minimum absolute atomic E-state index is 0.0857. The summed E-state index contributed by atoms with van der Waals surface area (Å²) in [6.45, 7) is 6.83. The molecular formula is C21H20FN7O3. The van der Waals surface area contributed by atoms with Crippen LogP contribution in [-0.2, 0) is 22.7 Å². The number of benzene rings is 1. The first-order valence-corrected chi connectivity index (χ1v) is 9.30. The van der Waals surface area contributed by atoms with Gasteiger partial charge in [0.05, 0.1) is 12.8 Å². The lowest BCUT2D eigenvalue weighted by Gasteiger charge is -2.11. The van der Waals surface area contributed by atoms with E-state index >= 15 is 0 Å². The third-order valence-corrected chi connectivity index (χ3v) is 4.07. The molecule has 1 amide bonds. The van der Waals surface area contributed by atoms with Crippen molar-refractivity contribution >= 4 is 17.3 Å². The molecule has 1 N–H and O–H groups in total. The molecule has 0 radical (unpaired) electrons. The van der Waals surface area contributed by atoms with Crippen LogP contribution in [0.1, 0.15) is 11.5 Å². The van der Waals surface area contributed by atoms with Gasteiger partial charge in [0.15, 0.2) is 5.82 Å². The Morgan fingerprint density at radius 2 is 2.03 bits per heavy atom. The molecule has 2 heterocycles. The summed E-state index contributed by atoms with van der Waals surface area (Å²) in [4.78, 5) is 20.6. The van der Waals surface area contributed by atoms with Crippen molar-refractivity contribution in [2.24, 2.45) is 0 Å². The van der Waals surface area contributed by atoms with E-state index in [2.05, 4.69) is 44.0 Å². The summed E-state index contributed by atoms with van der Waals surface area (Å²) in [7, 11) is 1.40. The summed E-state index contributed by atoms with van der Waals surface area (Å²) in [5.74, 6) is 0.249. The zero-order chi connectivity index (χ0) is 22.9. The fourth-order valence-corrected chi connectivity index (χ4v) is 2.57. The number of nitrogens with one attached hydrogen (secondary N) is 1. The normalized spacial score (nSPS) is 11.0. The number of amides is 1. The van der Waals surface area contributed by atoms with E-state index in [-0.39, 0.29) is 30.3 Å². The van der Waals surface area contributed by atoms with Gasteiger partial charge in [0.25, 0.3) is 0 Å². The molecule has 11 heteroatoms. The summed E-state index contributed by atoms with van der Waals surface area (Å²) in [6.07, 6.45) is 2.35. The first kappa shape index (κ1) is 22.3. The molecular weight excluding hydrogens is 417 g/mol. The van der Waals surface area contributed by atoms with Crippen LogP contribution in [-0.4, -0.2) is 43.2 Å². The number of hydrogen-bond acceptors (Lipinski definition) is 8. The van der Waals surface area contributed by atoms with Crippen LogP contribution in [0, 0.1) is 0 Å². The summed E-state index contributed by atoms with van der Waals surface area (Å²) in [5.41, 5.74) is 0.555. The lowest BCUT2D eigenvalue weighted by atomic mass is 10.1. The summed E-state index contributed by atoms with van der Waals surface area (Å²) in [6, 6.07) is 10.6. The van der Waals surface area contributed by atoms with Gasteiger partial charge in [-0.2, -0.15) is 0 Å². The number of carbonyl (C=O) groups excluding carboxylic acids is 1. The molecule has 0 fully saturated rings. The predicted molar refractivity (Wildman–Crippen MR) is 114 cm³/mol. The van der Waals surface area contributed by atoms with Gasteiger partial charge in [-0.25, -0.2) is 19.0 Å². The molecule has 0 aliphatic heterocycles. The zero-order valence-corrected chi connectivity index (χ0v) is 17.2. The van der Waals surface area contributed by atoms with Crippen LogP contribution in [0.25, 0.3) is 5.57 Å². The van der Waals surface area contributed by atoms with E-state index in [0.717, 1.165) is 6.08 Å². The molecule has 0 saturated carbocycles. The van der Waals surface area contributed by atoms with Gasteiger partial charge < -0.3 is 14.8 Å². The average Bonchev–Trinajstić information content (AvgIpc) is 3.23. The molecule has 164 valence electrons. The van der Waals surface area contributed by atoms with Crippen LogP contribution >= 0.6 is 0 Å². The second-order valence-corrected chi connectivity index (χ2v) is 6.32. The zero-order valence-electron chi connectivity index (χ0n) is 17.2. The van der Waals surface area contributed by atoms with Gasteiger partial charge in [0.2, 0.25) is 5.91 Å². The van der Waals surface area contributed by atoms with Crippen molar-refractivity contribution in [3.05, 3.63) is 85.1 Å². The number of anilines is 1. The maximum Gasteiger partial charge on any atom is 0.247 e. The van der Waals surface area contributed by atoms with Crippen LogP contribution in [0.5, 0.6) is 5.75 Å². The van der Waals surface area contributed by atoms with E-state index in [1.54, 1.807) is 12.1 Å². The molecule has 3 aromatic rings. The van der Waals surface area contributed by atoms with Gasteiger partial charge in [0.1, 0.15) is 42.6 Å². The van der Waals surface area contributed by atoms with Gasteiger partial charge in [-0.3, -0.25) is 4.79 Å². The number of allylic oxidation sites excluding steroid dienone is 3. The number of para-hydroxylation sites is 1. The highest BCUT2D eigenvalue weighted by Gasteiger charge is 2.14. The topological polar surface area (TPSA) is 117 Å². The lowest BCUT2D eigenvalue weighted by Crippen LogP contribution is -2.22. The lowest BCUT2D eigenvalue weighted by molar-refractivity contribution is -0.117. The fraction of sp³-hybridized carbons (Fsp3) is 0.143. The highest BCUT2D eigenvalue weighted by Crippen LogP contribution is 2.23. The summed E-state index contributed by atoms with van der Waals surface area (Å²) in [5, 5.41) is 13.9. The Morgan fingerprint density at radius 3 is 2.75 bits per heavy atom. The summed E-state index contributed by atoms with van der Waals surface area (Å²) < 4.78 is 25.4. The first-order chi connectivity index (χ1) is 15.5. The van der Waals surface area contributed by atoms with Gasteiger partial charge in [-0.1, -0.05) is 31.4 Å². The Hall–Kier alpha value is -4.41. The molecule has 0 aliphatic rings. The largest absolute Gasteiger partial charge is 0.497 e. The van der Waals surface area contributed by atoms with Gasteiger partial charge in [-0.15, -0.1) is 5.10 Å². The molecule has 0 saturated heterocycles. The Bertz CT molecular complexity index is 1150. The molecule has 0 bridgehead atoms. The van der Waals surface area contributed by atoms with E-state index in [0.29, 0.717) is 17.3 Å². The van der Waals surface area contributed by atoms with E-state index < -0.39 is 11.7 Å². The molecule has 0 aliphatic carbocycles. The number of carbonyl (C=O) groups is 1. The highest BCUT2D eigenvalue weighted by molar-refractivity contribution is 5.90. The Morgan fingerprint density at radius 1 is 1.25 bits per heavy atom. The van der Waals surface area contributed by atoms with Crippen molar-refractivity contribution in [3.8, 4) is 5.75 Å². The van der Waals surface area contributed by atoms with Crippen LogP contribution in [0.3, 0.4) is 0 Å². The molecule has 0 atom stereocenters. The highest BCUT2D eigenvalue weighted by atomic mass is 19.1. The number of methoxy groups -OCH3 is 1. The smallest absolute Gasteiger partial charge is 0.247 e. The number of nitrogens with zero attached hydrogens (tertiary/aromatic N) is 6. The molecule has 32 heavy (non-hydrogen) atoms.